The molecule has 0 aliphatic heterocycles. The quantitative estimate of drug-likeness (QED) is 0.799. The molecule has 7 nitrogen and oxygen atoms in total. The lowest BCUT2D eigenvalue weighted by atomic mass is 9.81. The molecule has 1 aromatic rings. The van der Waals surface area contributed by atoms with Gasteiger partial charge in [0.1, 0.15) is 5.54 Å². The summed E-state index contributed by atoms with van der Waals surface area (Å²) in [6.07, 6.45) is 3.12. The van der Waals surface area contributed by atoms with Crippen LogP contribution in [0.15, 0.2) is 35.2 Å². The van der Waals surface area contributed by atoms with Crippen LogP contribution in [0.5, 0.6) is 0 Å². The van der Waals surface area contributed by atoms with E-state index in [4.69, 9.17) is 0 Å². The number of sulfonamides is 1. The number of likely N-dealkylation sites (N-methyl/N-ethyl adjacent to an activating group) is 1. The minimum atomic E-state index is -3.79. The summed E-state index contributed by atoms with van der Waals surface area (Å²) in [5.41, 5.74) is -1.29. The van der Waals surface area contributed by atoms with Crippen LogP contribution in [0.1, 0.15) is 32.1 Å². The predicted octanol–water partition coefficient (Wildman–Crippen LogP) is 1.21. The minimum absolute atomic E-state index is 0.0888. The van der Waals surface area contributed by atoms with E-state index in [-0.39, 0.29) is 4.90 Å². The highest BCUT2D eigenvalue weighted by Gasteiger charge is 2.41. The fourth-order valence-electron chi connectivity index (χ4n) is 2.91. The Kier molecular flexibility index (Phi) is 5.61. The van der Waals surface area contributed by atoms with Crippen LogP contribution < -0.4 is 5.32 Å². The van der Waals surface area contributed by atoms with Crippen molar-refractivity contribution in [1.29, 1.82) is 0 Å². The molecule has 0 unspecified atom stereocenters. The van der Waals surface area contributed by atoms with Crippen molar-refractivity contribution < 1.29 is 23.1 Å². The lowest BCUT2D eigenvalue weighted by Crippen LogP contribution is -2.57. The third-order valence-corrected chi connectivity index (χ3v) is 6.13. The maximum absolute atomic E-state index is 12.4. The van der Waals surface area contributed by atoms with Crippen LogP contribution in [-0.2, 0) is 19.6 Å². The first-order valence-electron chi connectivity index (χ1n) is 7.84. The van der Waals surface area contributed by atoms with Gasteiger partial charge in [-0.05, 0) is 25.0 Å². The third-order valence-electron chi connectivity index (χ3n) is 4.31. The summed E-state index contributed by atoms with van der Waals surface area (Å²) in [6, 6.07) is 7.79. The Morgan fingerprint density at radius 1 is 1.17 bits per heavy atom. The molecule has 132 valence electrons. The lowest BCUT2D eigenvalue weighted by molar-refractivity contribution is -0.149. The molecule has 0 spiro atoms. The van der Waals surface area contributed by atoms with E-state index >= 15 is 0 Å². The predicted molar refractivity (Wildman–Crippen MR) is 87.9 cm³/mol. The second-order valence-corrected chi connectivity index (χ2v) is 8.12. The highest BCUT2D eigenvalue weighted by atomic mass is 32.2. The average Bonchev–Trinajstić information content (AvgIpc) is 2.56. The number of carbonyl (C=O) groups excluding carboxylic acids is 1. The Balaban J connectivity index is 2.07. The number of hydrogen-bond donors (Lipinski definition) is 2. The molecule has 0 heterocycles. The van der Waals surface area contributed by atoms with Crippen LogP contribution in [0.4, 0.5) is 0 Å². The molecular weight excluding hydrogens is 332 g/mol. The number of aliphatic carboxylic acids is 1. The van der Waals surface area contributed by atoms with Crippen molar-refractivity contribution in [2.45, 2.75) is 42.5 Å². The number of carboxylic acid groups (broad SMARTS) is 1. The Morgan fingerprint density at radius 2 is 1.75 bits per heavy atom. The van der Waals surface area contributed by atoms with Gasteiger partial charge in [-0.3, -0.25) is 4.79 Å². The van der Waals surface area contributed by atoms with Crippen LogP contribution in [0, 0.1) is 0 Å². The zero-order valence-corrected chi connectivity index (χ0v) is 14.4. The first-order chi connectivity index (χ1) is 11.3. The van der Waals surface area contributed by atoms with Gasteiger partial charge in [0.2, 0.25) is 15.9 Å². The largest absolute Gasteiger partial charge is 0.480 e. The standard InChI is InChI=1S/C16H22N2O5S/c1-18(24(22,23)13-8-4-2-5-9-13)12-14(19)17-16(15(20)21)10-6-3-7-11-16/h2,4-5,8-9H,3,6-7,10-12H2,1H3,(H,17,19)(H,20,21). The number of nitrogens with one attached hydrogen (secondary N) is 1. The summed E-state index contributed by atoms with van der Waals surface area (Å²) >= 11 is 0. The Morgan fingerprint density at radius 3 is 2.29 bits per heavy atom. The van der Waals surface area contributed by atoms with Crippen molar-refractivity contribution in [2.24, 2.45) is 0 Å². The highest BCUT2D eigenvalue weighted by molar-refractivity contribution is 7.89. The van der Waals surface area contributed by atoms with Crippen LogP contribution in [-0.4, -0.2) is 48.8 Å². The number of amides is 1. The van der Waals surface area contributed by atoms with E-state index < -0.39 is 34.0 Å². The van der Waals surface area contributed by atoms with Crippen molar-refractivity contribution in [2.75, 3.05) is 13.6 Å². The molecule has 1 aliphatic rings. The number of benzene rings is 1. The number of nitrogens with zero attached hydrogens (tertiary/aromatic N) is 1. The second kappa shape index (κ2) is 7.31. The molecule has 0 atom stereocenters. The molecule has 2 N–H and O–H groups in total. The van der Waals surface area contributed by atoms with E-state index in [9.17, 15) is 23.1 Å². The SMILES string of the molecule is CN(CC(=O)NC1(C(=O)O)CCCCC1)S(=O)(=O)c1ccccc1. The first-order valence-corrected chi connectivity index (χ1v) is 9.28. The molecule has 1 aliphatic carbocycles. The number of hydrogen-bond acceptors (Lipinski definition) is 4. The topological polar surface area (TPSA) is 104 Å². The van der Waals surface area contributed by atoms with Crippen LogP contribution in [0.25, 0.3) is 0 Å². The maximum atomic E-state index is 12.4. The van der Waals surface area contributed by atoms with E-state index in [0.717, 1.165) is 23.6 Å². The molecule has 0 aromatic heterocycles. The van der Waals surface area contributed by atoms with E-state index in [1.54, 1.807) is 18.2 Å². The lowest BCUT2D eigenvalue weighted by Gasteiger charge is -2.34. The fraction of sp³-hybridized carbons (Fsp3) is 0.500. The van der Waals surface area contributed by atoms with Gasteiger partial charge >= 0.3 is 5.97 Å². The molecular formula is C16H22N2O5S. The Labute approximate surface area is 141 Å². The average molecular weight is 354 g/mol. The van der Waals surface area contributed by atoms with Gasteiger partial charge in [-0.25, -0.2) is 13.2 Å². The van der Waals surface area contributed by atoms with Gasteiger partial charge in [-0.1, -0.05) is 37.5 Å². The molecule has 0 saturated heterocycles. The molecule has 2 rings (SSSR count). The molecule has 1 saturated carbocycles. The Hall–Kier alpha value is -1.93. The van der Waals surface area contributed by atoms with Gasteiger partial charge in [-0.15, -0.1) is 0 Å². The van der Waals surface area contributed by atoms with Crippen molar-refractivity contribution in [1.82, 2.24) is 9.62 Å². The van der Waals surface area contributed by atoms with Crippen LogP contribution in [0.3, 0.4) is 0 Å². The summed E-state index contributed by atoms with van der Waals surface area (Å²) in [6.45, 7) is -0.424. The summed E-state index contributed by atoms with van der Waals surface area (Å²) < 4.78 is 25.7. The molecule has 0 radical (unpaired) electrons. The van der Waals surface area contributed by atoms with Gasteiger partial charge in [0.25, 0.3) is 0 Å². The zero-order chi connectivity index (χ0) is 17.8. The fourth-order valence-corrected chi connectivity index (χ4v) is 4.06. The van der Waals surface area contributed by atoms with E-state index in [2.05, 4.69) is 5.32 Å². The molecule has 1 amide bonds. The van der Waals surface area contributed by atoms with E-state index in [0.29, 0.717) is 12.8 Å². The molecule has 1 aromatic carbocycles. The normalized spacial score (nSPS) is 17.4. The summed E-state index contributed by atoms with van der Waals surface area (Å²) in [5.74, 6) is -1.68. The highest BCUT2D eigenvalue weighted by Crippen LogP contribution is 2.28. The number of carbonyl (C=O) groups is 2. The number of carboxylic acids is 1. The molecule has 1 fully saturated rings. The van der Waals surface area contributed by atoms with Gasteiger partial charge in [0.15, 0.2) is 0 Å². The molecule has 8 heteroatoms. The van der Waals surface area contributed by atoms with E-state index in [1.165, 1.54) is 19.2 Å². The van der Waals surface area contributed by atoms with Crippen molar-refractivity contribution >= 4 is 21.9 Å². The smallest absolute Gasteiger partial charge is 0.329 e. The van der Waals surface area contributed by atoms with Gasteiger partial charge in [-0.2, -0.15) is 4.31 Å². The van der Waals surface area contributed by atoms with Crippen LogP contribution in [0.2, 0.25) is 0 Å². The molecule has 0 bridgehead atoms. The summed E-state index contributed by atoms with van der Waals surface area (Å²) in [4.78, 5) is 23.9. The van der Waals surface area contributed by atoms with Crippen LogP contribution >= 0.6 is 0 Å². The van der Waals surface area contributed by atoms with Crippen molar-refractivity contribution in [3.63, 3.8) is 0 Å². The first kappa shape index (κ1) is 18.4. The number of rotatable bonds is 6. The van der Waals surface area contributed by atoms with Crippen molar-refractivity contribution in [3.05, 3.63) is 30.3 Å². The monoisotopic (exact) mass is 354 g/mol. The second-order valence-electron chi connectivity index (χ2n) is 6.07. The minimum Gasteiger partial charge on any atom is -0.480 e. The molecule has 24 heavy (non-hydrogen) atoms. The van der Waals surface area contributed by atoms with Gasteiger partial charge in [0.05, 0.1) is 11.4 Å². The summed E-state index contributed by atoms with van der Waals surface area (Å²) in [7, 11) is -2.49. The van der Waals surface area contributed by atoms with Gasteiger partial charge < -0.3 is 10.4 Å². The van der Waals surface area contributed by atoms with Gasteiger partial charge in [0, 0.05) is 7.05 Å². The summed E-state index contributed by atoms with van der Waals surface area (Å²) in [5, 5.41) is 12.0. The Bertz CT molecular complexity index is 696. The van der Waals surface area contributed by atoms with E-state index in [1.807, 2.05) is 0 Å². The maximum Gasteiger partial charge on any atom is 0.329 e. The third kappa shape index (κ3) is 3.93. The zero-order valence-electron chi connectivity index (χ0n) is 13.6. The van der Waals surface area contributed by atoms with Crippen molar-refractivity contribution in [3.8, 4) is 0 Å².